The van der Waals surface area contributed by atoms with E-state index in [4.69, 9.17) is 4.74 Å². The number of hydrogen-bond donors (Lipinski definition) is 1. The van der Waals surface area contributed by atoms with E-state index >= 15 is 0 Å². The first-order chi connectivity index (χ1) is 23.9. The number of nitrogens with zero attached hydrogens (tertiary/aromatic N) is 2. The summed E-state index contributed by atoms with van der Waals surface area (Å²) < 4.78 is 35.7. The normalized spacial score (nSPS) is 12.1. The molecule has 0 aliphatic rings. The molecule has 0 spiro atoms. The molecule has 0 saturated heterocycles. The topological polar surface area (TPSA) is 96.0 Å². The summed E-state index contributed by atoms with van der Waals surface area (Å²) in [6.07, 6.45) is 0.233. The van der Waals surface area contributed by atoms with Crippen LogP contribution in [0.5, 0.6) is 11.5 Å². The number of carbonyl (C=O) groups is 2. The summed E-state index contributed by atoms with van der Waals surface area (Å²) in [5.41, 5.74) is 2.37. The van der Waals surface area contributed by atoms with Crippen molar-refractivity contribution in [2.24, 2.45) is 0 Å². The number of ether oxygens (including phenoxy) is 1. The summed E-state index contributed by atoms with van der Waals surface area (Å²) in [7, 11) is -4.22. The fourth-order valence-corrected chi connectivity index (χ4v) is 6.97. The van der Waals surface area contributed by atoms with Gasteiger partial charge >= 0.3 is 0 Å². The van der Waals surface area contributed by atoms with Crippen LogP contribution in [0.25, 0.3) is 0 Å². The fraction of sp³-hybridized carbons (Fsp3) is 0.220. The van der Waals surface area contributed by atoms with E-state index < -0.39 is 34.1 Å². The molecule has 5 aromatic rings. The molecule has 0 bridgehead atoms. The third kappa shape index (κ3) is 9.39. The summed E-state index contributed by atoms with van der Waals surface area (Å²) in [4.78, 5) is 30.4. The van der Waals surface area contributed by atoms with Crippen LogP contribution in [0.3, 0.4) is 0 Å². The molecule has 50 heavy (non-hydrogen) atoms. The van der Waals surface area contributed by atoms with Gasteiger partial charge in [0.1, 0.15) is 24.1 Å². The maximum atomic E-state index is 14.7. The third-order valence-corrected chi connectivity index (χ3v) is 9.87. The Labute approximate surface area is 295 Å². The summed E-state index contributed by atoms with van der Waals surface area (Å²) in [5, 5.41) is 3.06. The highest BCUT2D eigenvalue weighted by atomic mass is 32.2. The zero-order valence-electron chi connectivity index (χ0n) is 28.8. The Morgan fingerprint density at radius 3 is 1.86 bits per heavy atom. The first-order valence-electron chi connectivity index (χ1n) is 16.5. The minimum Gasteiger partial charge on any atom is -0.457 e. The third-order valence-electron chi connectivity index (χ3n) is 8.08. The van der Waals surface area contributed by atoms with E-state index in [0.29, 0.717) is 11.5 Å². The number of para-hydroxylation sites is 1. The van der Waals surface area contributed by atoms with E-state index in [1.54, 1.807) is 42.5 Å². The van der Waals surface area contributed by atoms with Gasteiger partial charge in [-0.2, -0.15) is 0 Å². The molecular weight excluding hydrogens is 647 g/mol. The van der Waals surface area contributed by atoms with Crippen molar-refractivity contribution in [3.05, 3.63) is 156 Å². The molecule has 9 heteroatoms. The van der Waals surface area contributed by atoms with Crippen LogP contribution >= 0.6 is 0 Å². The Morgan fingerprint density at radius 2 is 1.26 bits per heavy atom. The molecule has 0 heterocycles. The molecule has 8 nitrogen and oxygen atoms in total. The predicted molar refractivity (Wildman–Crippen MR) is 197 cm³/mol. The van der Waals surface area contributed by atoms with Gasteiger partial charge in [-0.25, -0.2) is 8.42 Å². The lowest BCUT2D eigenvalue weighted by molar-refractivity contribution is -0.140. The molecule has 5 rings (SSSR count). The van der Waals surface area contributed by atoms with Crippen molar-refractivity contribution in [2.75, 3.05) is 10.8 Å². The van der Waals surface area contributed by atoms with E-state index in [1.165, 1.54) is 17.0 Å². The summed E-state index contributed by atoms with van der Waals surface area (Å²) in [5.74, 6) is 0.283. The molecule has 2 amide bonds. The molecule has 258 valence electrons. The molecule has 0 aliphatic heterocycles. The Morgan fingerprint density at radius 1 is 0.720 bits per heavy atom. The predicted octanol–water partition coefficient (Wildman–Crippen LogP) is 7.54. The molecule has 0 aromatic heterocycles. The standard InChI is InChI=1S/C41H43N3O5S/c1-31-16-14-15-19-33(31)29-43(38(40(46)42-41(2,3)4)28-32-17-8-5-9-18-32)39(45)30-44(50(47,48)37-22-12-7-13-23-37)34-24-26-36(27-25-34)49-35-20-10-6-11-21-35/h5-27,38H,28-30H2,1-4H3,(H,42,46)/t38-/m0/s1. The Bertz CT molecular complexity index is 1980. The summed E-state index contributed by atoms with van der Waals surface area (Å²) >= 11 is 0. The van der Waals surface area contributed by atoms with Crippen molar-refractivity contribution in [3.63, 3.8) is 0 Å². The van der Waals surface area contributed by atoms with Gasteiger partial charge in [0.15, 0.2) is 0 Å². The first kappa shape index (κ1) is 35.9. The van der Waals surface area contributed by atoms with Crippen LogP contribution in [0.2, 0.25) is 0 Å². The molecule has 0 unspecified atom stereocenters. The number of carbonyl (C=O) groups excluding carboxylic acids is 2. The Kier molecular flexibility index (Phi) is 11.4. The minimum absolute atomic E-state index is 0.0363. The SMILES string of the molecule is Cc1ccccc1CN(C(=O)CN(c1ccc(Oc2ccccc2)cc1)S(=O)(=O)c1ccccc1)[C@@H](Cc1ccccc1)C(=O)NC(C)(C)C. The average molecular weight is 690 g/mol. The second-order valence-electron chi connectivity index (χ2n) is 13.1. The molecule has 0 fully saturated rings. The van der Waals surface area contributed by atoms with E-state index in [0.717, 1.165) is 21.0 Å². The van der Waals surface area contributed by atoms with Crippen LogP contribution in [0, 0.1) is 6.92 Å². The van der Waals surface area contributed by atoms with Gasteiger partial charge in [-0.05, 0) is 92.9 Å². The lowest BCUT2D eigenvalue weighted by atomic mass is 10.00. The lowest BCUT2D eigenvalue weighted by Crippen LogP contribution is -2.56. The molecule has 0 aliphatic carbocycles. The van der Waals surface area contributed by atoms with E-state index in [9.17, 15) is 18.0 Å². The van der Waals surface area contributed by atoms with Crippen molar-refractivity contribution < 1.29 is 22.7 Å². The first-order valence-corrected chi connectivity index (χ1v) is 18.0. The van der Waals surface area contributed by atoms with Gasteiger partial charge in [-0.3, -0.25) is 13.9 Å². The van der Waals surface area contributed by atoms with Gasteiger partial charge in [0.05, 0.1) is 10.6 Å². The van der Waals surface area contributed by atoms with Gasteiger partial charge < -0.3 is 15.0 Å². The van der Waals surface area contributed by atoms with Gasteiger partial charge in [0, 0.05) is 18.5 Å². The zero-order valence-corrected chi connectivity index (χ0v) is 29.6. The molecule has 1 atom stereocenters. The van der Waals surface area contributed by atoms with E-state index in [1.807, 2.05) is 113 Å². The number of sulfonamides is 1. The summed E-state index contributed by atoms with van der Waals surface area (Å²) in [6, 6.07) is 40.1. The number of hydrogen-bond acceptors (Lipinski definition) is 5. The largest absolute Gasteiger partial charge is 0.457 e. The van der Waals surface area contributed by atoms with Crippen molar-refractivity contribution >= 4 is 27.5 Å². The molecular formula is C41H43N3O5S. The Hall–Kier alpha value is -5.41. The van der Waals surface area contributed by atoms with Crippen LogP contribution in [0.4, 0.5) is 5.69 Å². The molecule has 5 aromatic carbocycles. The quantitative estimate of drug-likeness (QED) is 0.138. The van der Waals surface area contributed by atoms with Gasteiger partial charge in [0.25, 0.3) is 10.0 Å². The highest BCUT2D eigenvalue weighted by molar-refractivity contribution is 7.92. The van der Waals surface area contributed by atoms with E-state index in [2.05, 4.69) is 5.32 Å². The maximum absolute atomic E-state index is 14.7. The van der Waals surface area contributed by atoms with Crippen LogP contribution < -0.4 is 14.4 Å². The van der Waals surface area contributed by atoms with Gasteiger partial charge in [-0.15, -0.1) is 0 Å². The van der Waals surface area contributed by atoms with Crippen LogP contribution in [0.15, 0.2) is 144 Å². The van der Waals surface area contributed by atoms with Crippen molar-refractivity contribution in [1.29, 1.82) is 0 Å². The fourth-order valence-electron chi connectivity index (χ4n) is 5.53. The molecule has 1 N–H and O–H groups in total. The van der Waals surface area contributed by atoms with Crippen LogP contribution in [-0.4, -0.2) is 43.3 Å². The highest BCUT2D eigenvalue weighted by Gasteiger charge is 2.35. The van der Waals surface area contributed by atoms with Crippen molar-refractivity contribution in [1.82, 2.24) is 10.2 Å². The zero-order chi connectivity index (χ0) is 35.7. The minimum atomic E-state index is -4.22. The monoisotopic (exact) mass is 689 g/mol. The number of rotatable bonds is 13. The average Bonchev–Trinajstić information content (AvgIpc) is 3.10. The van der Waals surface area contributed by atoms with Gasteiger partial charge in [0.2, 0.25) is 11.8 Å². The summed E-state index contributed by atoms with van der Waals surface area (Å²) in [6.45, 7) is 7.16. The van der Waals surface area contributed by atoms with Crippen molar-refractivity contribution in [3.8, 4) is 11.5 Å². The number of anilines is 1. The van der Waals surface area contributed by atoms with Crippen molar-refractivity contribution in [2.45, 2.75) is 57.1 Å². The van der Waals surface area contributed by atoms with Crippen LogP contribution in [-0.2, 0) is 32.6 Å². The maximum Gasteiger partial charge on any atom is 0.264 e. The second-order valence-corrected chi connectivity index (χ2v) is 15.0. The van der Waals surface area contributed by atoms with Gasteiger partial charge in [-0.1, -0.05) is 91.0 Å². The number of amides is 2. The smallest absolute Gasteiger partial charge is 0.264 e. The number of benzene rings is 5. The van der Waals surface area contributed by atoms with E-state index in [-0.39, 0.29) is 29.5 Å². The molecule has 0 radical (unpaired) electrons. The number of nitrogens with one attached hydrogen (secondary N) is 1. The van der Waals surface area contributed by atoms with Crippen LogP contribution in [0.1, 0.15) is 37.5 Å². The lowest BCUT2D eigenvalue weighted by Gasteiger charge is -2.35. The second kappa shape index (κ2) is 15.9. The Balaban J connectivity index is 1.57. The highest BCUT2D eigenvalue weighted by Crippen LogP contribution is 2.29. The molecule has 0 saturated carbocycles. The number of aryl methyl sites for hydroxylation is 1.